The number of carbonyl (C=O) groups excluding carboxylic acids is 1. The van der Waals surface area contributed by atoms with Crippen molar-refractivity contribution in [1.29, 1.82) is 0 Å². The van der Waals surface area contributed by atoms with Crippen LogP contribution in [0.1, 0.15) is 81.1 Å². The van der Waals surface area contributed by atoms with Crippen LogP contribution in [-0.4, -0.2) is 23.9 Å². The van der Waals surface area contributed by atoms with E-state index in [1.165, 1.54) is 44.1 Å². The Hall–Kier alpha value is -1.31. The van der Waals surface area contributed by atoms with Crippen LogP contribution in [0, 0.1) is 5.92 Å². The van der Waals surface area contributed by atoms with E-state index in [2.05, 4.69) is 32.9 Å². The minimum atomic E-state index is 0.205. The fourth-order valence-electron chi connectivity index (χ4n) is 3.90. The standard InChI is InChI=1S/C20H31NO/c1-4-9-16-12-14-17(15-13-16)18-10-7-8-11-19(18)20(22)21(5-2)6-3/h7-8,10-11,16-17H,4-6,9,12-15H2,1-3H3. The van der Waals surface area contributed by atoms with Crippen molar-refractivity contribution in [1.82, 2.24) is 4.90 Å². The predicted molar refractivity (Wildman–Crippen MR) is 93.3 cm³/mol. The molecular formula is C20H31NO. The lowest BCUT2D eigenvalue weighted by Crippen LogP contribution is -2.31. The van der Waals surface area contributed by atoms with Gasteiger partial charge in [0.2, 0.25) is 0 Å². The Balaban J connectivity index is 2.14. The highest BCUT2D eigenvalue weighted by molar-refractivity contribution is 5.95. The smallest absolute Gasteiger partial charge is 0.254 e. The highest BCUT2D eigenvalue weighted by Crippen LogP contribution is 2.38. The van der Waals surface area contributed by atoms with Crippen LogP contribution in [-0.2, 0) is 0 Å². The van der Waals surface area contributed by atoms with Gasteiger partial charge in [-0.3, -0.25) is 4.79 Å². The van der Waals surface area contributed by atoms with Gasteiger partial charge in [-0.05, 0) is 63.0 Å². The van der Waals surface area contributed by atoms with E-state index in [-0.39, 0.29) is 5.91 Å². The van der Waals surface area contributed by atoms with Gasteiger partial charge in [-0.25, -0.2) is 0 Å². The van der Waals surface area contributed by atoms with E-state index in [9.17, 15) is 4.79 Å². The van der Waals surface area contributed by atoms with Crippen molar-refractivity contribution in [2.75, 3.05) is 13.1 Å². The van der Waals surface area contributed by atoms with Crippen molar-refractivity contribution in [2.45, 2.75) is 65.2 Å². The van der Waals surface area contributed by atoms with E-state index in [1.54, 1.807) is 0 Å². The number of amides is 1. The van der Waals surface area contributed by atoms with Crippen molar-refractivity contribution in [3.63, 3.8) is 0 Å². The number of hydrogen-bond donors (Lipinski definition) is 0. The molecule has 0 spiro atoms. The zero-order chi connectivity index (χ0) is 15.9. The first-order valence-corrected chi connectivity index (χ1v) is 9.09. The molecule has 2 nitrogen and oxygen atoms in total. The van der Waals surface area contributed by atoms with Gasteiger partial charge in [-0.15, -0.1) is 0 Å². The van der Waals surface area contributed by atoms with Crippen molar-refractivity contribution in [3.8, 4) is 0 Å². The Morgan fingerprint density at radius 1 is 1.05 bits per heavy atom. The summed E-state index contributed by atoms with van der Waals surface area (Å²) in [5, 5.41) is 0. The Bertz CT molecular complexity index is 470. The third kappa shape index (κ3) is 3.91. The highest BCUT2D eigenvalue weighted by Gasteiger charge is 2.26. The van der Waals surface area contributed by atoms with E-state index in [1.807, 2.05) is 17.0 Å². The SMILES string of the molecule is CCCC1CCC(c2ccccc2C(=O)N(CC)CC)CC1. The third-order valence-corrected chi connectivity index (χ3v) is 5.23. The molecule has 0 atom stereocenters. The molecule has 122 valence electrons. The van der Waals surface area contributed by atoms with E-state index >= 15 is 0 Å². The summed E-state index contributed by atoms with van der Waals surface area (Å²) in [5.74, 6) is 1.69. The molecule has 0 aliphatic heterocycles. The summed E-state index contributed by atoms with van der Waals surface area (Å²) in [4.78, 5) is 14.7. The van der Waals surface area contributed by atoms with Crippen LogP contribution < -0.4 is 0 Å². The van der Waals surface area contributed by atoms with Gasteiger partial charge in [0.25, 0.3) is 5.91 Å². The van der Waals surface area contributed by atoms with Crippen LogP contribution in [0.3, 0.4) is 0 Å². The molecule has 0 unspecified atom stereocenters. The zero-order valence-electron chi connectivity index (χ0n) is 14.5. The summed E-state index contributed by atoms with van der Waals surface area (Å²) < 4.78 is 0. The van der Waals surface area contributed by atoms with Crippen LogP contribution in [0.25, 0.3) is 0 Å². The third-order valence-electron chi connectivity index (χ3n) is 5.23. The number of carbonyl (C=O) groups is 1. The average molecular weight is 301 g/mol. The van der Waals surface area contributed by atoms with Gasteiger partial charge in [0.05, 0.1) is 0 Å². The van der Waals surface area contributed by atoms with E-state index in [4.69, 9.17) is 0 Å². The van der Waals surface area contributed by atoms with Gasteiger partial charge < -0.3 is 4.90 Å². The first-order valence-electron chi connectivity index (χ1n) is 9.09. The van der Waals surface area contributed by atoms with Gasteiger partial charge in [-0.1, -0.05) is 38.0 Å². The molecule has 0 saturated heterocycles. The molecule has 2 rings (SSSR count). The fourth-order valence-corrected chi connectivity index (χ4v) is 3.90. The normalized spacial score (nSPS) is 21.6. The average Bonchev–Trinajstić information content (AvgIpc) is 2.57. The molecular weight excluding hydrogens is 270 g/mol. The lowest BCUT2D eigenvalue weighted by molar-refractivity contribution is 0.0771. The molecule has 1 aromatic rings. The molecule has 0 aromatic heterocycles. The largest absolute Gasteiger partial charge is 0.339 e. The maximum atomic E-state index is 12.8. The Kier molecular flexibility index (Phi) is 6.48. The van der Waals surface area contributed by atoms with Gasteiger partial charge in [0, 0.05) is 18.7 Å². The molecule has 1 aliphatic carbocycles. The van der Waals surface area contributed by atoms with Crippen LogP contribution >= 0.6 is 0 Å². The molecule has 22 heavy (non-hydrogen) atoms. The fraction of sp³-hybridized carbons (Fsp3) is 0.650. The number of hydrogen-bond acceptors (Lipinski definition) is 1. The van der Waals surface area contributed by atoms with E-state index in [0.717, 1.165) is 24.6 Å². The quantitative estimate of drug-likeness (QED) is 0.703. The van der Waals surface area contributed by atoms with Crippen molar-refractivity contribution in [2.24, 2.45) is 5.92 Å². The first kappa shape index (κ1) is 17.1. The van der Waals surface area contributed by atoms with Crippen molar-refractivity contribution < 1.29 is 4.79 Å². The number of benzene rings is 1. The zero-order valence-corrected chi connectivity index (χ0v) is 14.5. The monoisotopic (exact) mass is 301 g/mol. The second kappa shape index (κ2) is 8.36. The summed E-state index contributed by atoms with van der Waals surface area (Å²) in [6.07, 6.45) is 7.80. The Labute approximate surface area is 135 Å². The molecule has 2 heteroatoms. The first-order chi connectivity index (χ1) is 10.7. The minimum Gasteiger partial charge on any atom is -0.339 e. The Morgan fingerprint density at radius 3 is 2.27 bits per heavy atom. The lowest BCUT2D eigenvalue weighted by Gasteiger charge is -2.30. The maximum Gasteiger partial charge on any atom is 0.254 e. The van der Waals surface area contributed by atoms with Crippen molar-refractivity contribution >= 4 is 5.91 Å². The summed E-state index contributed by atoms with van der Waals surface area (Å²) >= 11 is 0. The molecule has 0 bridgehead atoms. The molecule has 1 aliphatic rings. The van der Waals surface area contributed by atoms with Crippen LogP contribution in [0.5, 0.6) is 0 Å². The maximum absolute atomic E-state index is 12.8. The van der Waals surface area contributed by atoms with Crippen molar-refractivity contribution in [3.05, 3.63) is 35.4 Å². The van der Waals surface area contributed by atoms with Crippen LogP contribution in [0.15, 0.2) is 24.3 Å². The summed E-state index contributed by atoms with van der Waals surface area (Å²) in [6.45, 7) is 7.96. The Morgan fingerprint density at radius 2 is 1.68 bits per heavy atom. The molecule has 1 saturated carbocycles. The second-order valence-corrected chi connectivity index (χ2v) is 6.57. The molecule has 0 N–H and O–H groups in total. The number of rotatable bonds is 6. The van der Waals surface area contributed by atoms with Crippen LogP contribution in [0.4, 0.5) is 0 Å². The lowest BCUT2D eigenvalue weighted by atomic mass is 9.76. The predicted octanol–water partition coefficient (Wildman–Crippen LogP) is 5.24. The summed E-state index contributed by atoms with van der Waals surface area (Å²) in [5.41, 5.74) is 2.22. The van der Waals surface area contributed by atoms with Gasteiger partial charge in [0.15, 0.2) is 0 Å². The van der Waals surface area contributed by atoms with Gasteiger partial charge in [-0.2, -0.15) is 0 Å². The van der Waals surface area contributed by atoms with Crippen LogP contribution in [0.2, 0.25) is 0 Å². The molecule has 0 radical (unpaired) electrons. The molecule has 1 amide bonds. The van der Waals surface area contributed by atoms with E-state index in [0.29, 0.717) is 5.92 Å². The number of nitrogens with zero attached hydrogens (tertiary/aromatic N) is 1. The van der Waals surface area contributed by atoms with Gasteiger partial charge >= 0.3 is 0 Å². The summed E-state index contributed by atoms with van der Waals surface area (Å²) in [7, 11) is 0. The minimum absolute atomic E-state index is 0.205. The molecule has 1 fully saturated rings. The van der Waals surface area contributed by atoms with Gasteiger partial charge in [0.1, 0.15) is 0 Å². The summed E-state index contributed by atoms with van der Waals surface area (Å²) in [6, 6.07) is 8.30. The molecule has 0 heterocycles. The second-order valence-electron chi connectivity index (χ2n) is 6.57. The van der Waals surface area contributed by atoms with E-state index < -0.39 is 0 Å². The topological polar surface area (TPSA) is 20.3 Å². The molecule has 1 aromatic carbocycles. The highest BCUT2D eigenvalue weighted by atomic mass is 16.2.